The molecular weight excluding hydrogens is 813 g/mol. The summed E-state index contributed by atoms with van der Waals surface area (Å²) in [7, 11) is -5.80. The fourth-order valence-corrected chi connectivity index (χ4v) is 15.8. The molecule has 1 N–H and O–H groups in total. The third-order valence-electron chi connectivity index (χ3n) is 10.3. The van der Waals surface area contributed by atoms with Gasteiger partial charge in [-0.2, -0.15) is 0 Å². The van der Waals surface area contributed by atoms with E-state index < -0.39 is 23.6 Å². The van der Waals surface area contributed by atoms with E-state index in [0.717, 1.165) is 17.2 Å². The van der Waals surface area contributed by atoms with Crippen LogP contribution < -0.4 is 15.3 Å². The van der Waals surface area contributed by atoms with Crippen LogP contribution >= 0.6 is 16.1 Å². The molecule has 0 heterocycles. The monoisotopic (exact) mass is 880 g/mol. The second-order valence-corrected chi connectivity index (χ2v) is 19.0. The molecule has 4 atom stereocenters. The maximum absolute atomic E-state index is 12.0. The molecule has 0 radical (unpaired) electrons. The van der Waals surface area contributed by atoms with E-state index >= 15 is 0 Å². The molecule has 0 aromatic heterocycles. The number of rotatable bonds is 6. The van der Waals surface area contributed by atoms with Gasteiger partial charge in [-0.05, 0) is 114 Å². The van der Waals surface area contributed by atoms with E-state index in [-0.39, 0.29) is 39.7 Å². The summed E-state index contributed by atoms with van der Waals surface area (Å²) in [6.07, 6.45) is 32.4. The Balaban J connectivity index is 0. The molecule has 0 aliphatic heterocycles. The van der Waals surface area contributed by atoms with Crippen molar-refractivity contribution in [3.05, 3.63) is 63.4 Å². The molecule has 5 rings (SSSR count). The average Bonchev–Trinajstić information content (AvgIpc) is 2.98. The molecule has 4 aliphatic carbocycles. The van der Waals surface area contributed by atoms with Crippen LogP contribution in [0.15, 0.2) is 48.6 Å². The fraction of sp³-hybridized carbons (Fsp3) is 0.684. The van der Waals surface area contributed by atoms with Gasteiger partial charge in [0.25, 0.3) is 0 Å². The van der Waals surface area contributed by atoms with Crippen LogP contribution in [0, 0.1) is 32.6 Å². The van der Waals surface area contributed by atoms with E-state index in [1.165, 1.54) is 114 Å². The van der Waals surface area contributed by atoms with Gasteiger partial charge in [0.2, 0.25) is 0 Å². The first-order valence-electron chi connectivity index (χ1n) is 17.5. The number of hydrogen-bond acceptors (Lipinski definition) is 1. The Morgan fingerprint density at radius 1 is 0.702 bits per heavy atom. The Kier molecular flexibility index (Phi) is 28.9. The van der Waals surface area contributed by atoms with E-state index in [9.17, 15) is 17.8 Å². The van der Waals surface area contributed by atoms with Crippen LogP contribution in [0.2, 0.25) is 0 Å². The van der Waals surface area contributed by atoms with Crippen molar-refractivity contribution in [3.8, 4) is 0 Å². The molecule has 1 aromatic carbocycles. The van der Waals surface area contributed by atoms with Gasteiger partial charge < -0.3 is 19.6 Å². The minimum Gasteiger partial charge on any atom is -1.00 e. The molecule has 3 fully saturated rings. The van der Waals surface area contributed by atoms with Crippen molar-refractivity contribution in [1.29, 1.82) is 0 Å². The first kappa shape index (κ1) is 49.1. The molecular formula is C38H66BF4IrOP2+2. The number of hydrogen-bond donors (Lipinski definition) is 1. The van der Waals surface area contributed by atoms with E-state index in [0.29, 0.717) is 17.5 Å². The maximum atomic E-state index is 12.0. The van der Waals surface area contributed by atoms with Gasteiger partial charge in [-0.15, -0.1) is 0 Å². The predicted molar refractivity (Wildman–Crippen MR) is 202 cm³/mol. The third-order valence-corrected chi connectivity index (χ3v) is 16.9. The Morgan fingerprint density at radius 3 is 1.51 bits per heavy atom. The Hall–Kier alpha value is -0.0457. The molecule has 0 amide bonds. The third kappa shape index (κ3) is 17.1. The SMILES string of the molecule is C1=CCC/C=C\CC1.CC(C)[C@@H]1CC[C@@H](C)C[C@H]1[PH+](O)c1ccccc1[PH+](C1CCCCC1)C1CCCCC1.FB(F)F.[CH3-].[CH3-].[F-].[Ir+3]. The molecule has 0 saturated heterocycles. The van der Waals surface area contributed by atoms with E-state index in [1.807, 2.05) is 0 Å². The minimum atomic E-state index is -3.67. The Bertz CT molecular complexity index is 911. The van der Waals surface area contributed by atoms with Gasteiger partial charge in [0.05, 0.1) is 11.3 Å². The van der Waals surface area contributed by atoms with Crippen molar-refractivity contribution in [2.45, 2.75) is 147 Å². The van der Waals surface area contributed by atoms with Crippen molar-refractivity contribution in [1.82, 2.24) is 0 Å². The summed E-state index contributed by atoms with van der Waals surface area (Å²) >= 11 is 0. The van der Waals surface area contributed by atoms with Crippen LogP contribution in [-0.4, -0.2) is 29.4 Å². The van der Waals surface area contributed by atoms with Crippen LogP contribution in [0.5, 0.6) is 0 Å². The summed E-state index contributed by atoms with van der Waals surface area (Å²) in [5.74, 6) is 2.18. The zero-order valence-corrected chi connectivity index (χ0v) is 34.4. The van der Waals surface area contributed by atoms with Crippen LogP contribution in [0.1, 0.15) is 130 Å². The smallest absolute Gasteiger partial charge is 1.00 e. The largest absolute Gasteiger partial charge is 3.00 e. The molecule has 4 aliphatic rings. The van der Waals surface area contributed by atoms with Crippen LogP contribution in [-0.2, 0) is 20.1 Å². The van der Waals surface area contributed by atoms with Crippen molar-refractivity contribution < 1.29 is 42.7 Å². The fourth-order valence-electron chi connectivity index (χ4n) is 8.13. The summed E-state index contributed by atoms with van der Waals surface area (Å²) in [4.78, 5) is 12.0. The van der Waals surface area contributed by atoms with Crippen molar-refractivity contribution >= 4 is 34.2 Å². The summed E-state index contributed by atoms with van der Waals surface area (Å²) in [6.45, 7) is 7.21. The van der Waals surface area contributed by atoms with Crippen molar-refractivity contribution in [2.24, 2.45) is 17.8 Å². The second kappa shape index (κ2) is 27.7. The predicted octanol–water partition coefficient (Wildman–Crippen LogP) is 8.85. The summed E-state index contributed by atoms with van der Waals surface area (Å²) in [5.41, 5.74) is 2.43. The Morgan fingerprint density at radius 2 is 1.11 bits per heavy atom. The number of allylic oxidation sites excluding steroid dienone is 4. The standard InChI is InChI=1S/C28H46OP2.C8H12.2CH3.BF3.FH.Ir/c1-21(2)25-19-18-22(3)20-28(25)31(29)27-17-11-10-16-26(27)30(23-12-6-4-7-13-23)24-14-8-5-9-15-24;1-2-4-6-8-7-5-3-1;;;2-1(3)4;;/h10-11,16-17,21-25,28-29H,4-9,12-15,18-20H2,1-3H3;1-2,7-8H,3-6H2;2*1H3;;1H;/q;;2*-1;;;+3/p+1/b;2-1-,8-7?;;;;;/t22-,25+,28-,31?;;;;;;/m1....../s1. The molecule has 1 aromatic rings. The van der Waals surface area contributed by atoms with Gasteiger partial charge in [-0.3, -0.25) is 12.9 Å². The van der Waals surface area contributed by atoms with E-state index in [2.05, 4.69) is 69.3 Å². The van der Waals surface area contributed by atoms with Crippen LogP contribution in [0.3, 0.4) is 0 Å². The molecule has 0 spiro atoms. The first-order chi connectivity index (χ1) is 20.8. The second-order valence-electron chi connectivity index (χ2n) is 13.8. The zero-order chi connectivity index (χ0) is 31.0. The molecule has 272 valence electrons. The topological polar surface area (TPSA) is 20.2 Å². The summed E-state index contributed by atoms with van der Waals surface area (Å²) in [5, 5.41) is 3.13. The van der Waals surface area contributed by atoms with E-state index in [4.69, 9.17) is 0 Å². The molecule has 1 unspecified atom stereocenters. The zero-order valence-electron chi connectivity index (χ0n) is 30.0. The van der Waals surface area contributed by atoms with Crippen LogP contribution in [0.4, 0.5) is 12.9 Å². The van der Waals surface area contributed by atoms with Gasteiger partial charge in [0, 0.05) is 13.8 Å². The Labute approximate surface area is 303 Å². The average molecular weight is 880 g/mol. The molecule has 1 nitrogen and oxygen atoms in total. The minimum absolute atomic E-state index is 0. The molecule has 47 heavy (non-hydrogen) atoms. The summed E-state index contributed by atoms with van der Waals surface area (Å²) in [6, 6.07) is 9.40. The van der Waals surface area contributed by atoms with Crippen molar-refractivity contribution in [3.63, 3.8) is 0 Å². The van der Waals surface area contributed by atoms with Gasteiger partial charge in [-0.25, -0.2) is 4.89 Å². The van der Waals surface area contributed by atoms with E-state index in [1.54, 1.807) is 5.30 Å². The van der Waals surface area contributed by atoms with Gasteiger partial charge in [0.1, 0.15) is 11.0 Å². The molecule has 0 bridgehead atoms. The van der Waals surface area contributed by atoms with Gasteiger partial charge in [-0.1, -0.05) is 76.5 Å². The normalized spacial score (nSPS) is 24.5. The summed E-state index contributed by atoms with van der Waals surface area (Å²) < 4.78 is 29.0. The van der Waals surface area contributed by atoms with Gasteiger partial charge >= 0.3 is 27.6 Å². The quantitative estimate of drug-likeness (QED) is 0.0997. The number of halogens is 4. The van der Waals surface area contributed by atoms with Crippen LogP contribution in [0.25, 0.3) is 0 Å². The molecule has 3 saturated carbocycles. The van der Waals surface area contributed by atoms with Crippen molar-refractivity contribution in [2.75, 3.05) is 0 Å². The van der Waals surface area contributed by atoms with Gasteiger partial charge in [0.15, 0.2) is 13.5 Å². The maximum Gasteiger partial charge on any atom is 3.00 e. The molecule has 9 heteroatoms. The number of benzene rings is 1. The first-order valence-corrected chi connectivity index (χ1v) is 20.7.